The Labute approximate surface area is 349 Å². The van der Waals surface area contributed by atoms with Crippen molar-refractivity contribution in [3.8, 4) is 5.75 Å². The predicted molar refractivity (Wildman–Crippen MR) is 218 cm³/mol. The third-order valence-corrected chi connectivity index (χ3v) is 10.8. The summed E-state index contributed by atoms with van der Waals surface area (Å²) in [5.41, 5.74) is 13.4. The van der Waals surface area contributed by atoms with E-state index in [1.807, 2.05) is 115 Å². The second-order valence-electron chi connectivity index (χ2n) is 14.7. The van der Waals surface area contributed by atoms with Gasteiger partial charge in [0.05, 0.1) is 59.3 Å². The topological polar surface area (TPSA) is 158 Å². The number of hydrogen-bond donors (Lipinski definition) is 0. The van der Waals surface area contributed by atoms with Gasteiger partial charge in [0.2, 0.25) is 0 Å². The number of fused-ring (bicyclic) bond motifs is 2. The van der Waals surface area contributed by atoms with E-state index in [1.54, 1.807) is 13.2 Å². The van der Waals surface area contributed by atoms with Crippen LogP contribution in [0.2, 0.25) is 0 Å². The summed E-state index contributed by atoms with van der Waals surface area (Å²) in [5.74, 6) is -0.642. The van der Waals surface area contributed by atoms with Crippen LogP contribution in [0.3, 0.4) is 0 Å². The molecule has 1 saturated carbocycles. The molecule has 2 aliphatic heterocycles. The van der Waals surface area contributed by atoms with Crippen molar-refractivity contribution in [3.05, 3.63) is 161 Å². The summed E-state index contributed by atoms with van der Waals surface area (Å²) in [5, 5.41) is 4.17. The van der Waals surface area contributed by atoms with E-state index in [0.29, 0.717) is 17.9 Å². The van der Waals surface area contributed by atoms with Crippen molar-refractivity contribution >= 4 is 5.97 Å². The maximum absolute atomic E-state index is 13.8. The van der Waals surface area contributed by atoms with E-state index in [1.165, 1.54) is 7.11 Å². The highest BCUT2D eigenvalue weighted by Crippen LogP contribution is 2.45. The smallest absolute Gasteiger partial charge is 0.311 e. The average molecular weight is 822 g/mol. The Morgan fingerprint density at radius 3 is 1.95 bits per heavy atom. The monoisotopic (exact) mass is 821 g/mol. The van der Waals surface area contributed by atoms with Crippen molar-refractivity contribution in [3.63, 3.8) is 0 Å². The number of hydrogen-bond acceptors (Lipinski definition) is 12. The highest BCUT2D eigenvalue weighted by Gasteiger charge is 2.58. The van der Waals surface area contributed by atoms with Gasteiger partial charge < -0.3 is 47.4 Å². The number of benzene rings is 4. The summed E-state index contributed by atoms with van der Waals surface area (Å²) < 4.78 is 63.8. The molecule has 2 heterocycles. The largest absolute Gasteiger partial charge is 0.497 e. The summed E-state index contributed by atoms with van der Waals surface area (Å²) in [4.78, 5) is 17.0. The lowest BCUT2D eigenvalue weighted by Gasteiger charge is -2.52. The van der Waals surface area contributed by atoms with Gasteiger partial charge in [-0.2, -0.15) is 0 Å². The Morgan fingerprint density at radius 1 is 0.767 bits per heavy atom. The summed E-state index contributed by atoms with van der Waals surface area (Å²) >= 11 is 0. The second kappa shape index (κ2) is 21.4. The van der Waals surface area contributed by atoms with E-state index in [-0.39, 0.29) is 32.8 Å². The lowest BCUT2D eigenvalue weighted by atomic mass is 9.79. The fourth-order valence-electron chi connectivity index (χ4n) is 7.89. The zero-order valence-electron chi connectivity index (χ0n) is 33.7. The molecule has 14 heteroatoms. The van der Waals surface area contributed by atoms with E-state index >= 15 is 0 Å². The van der Waals surface area contributed by atoms with Crippen LogP contribution in [0.1, 0.15) is 35.0 Å². The molecular formula is C46H51N3O11. The molecule has 4 aromatic rings. The number of carbonyl (C=O) groups is 1. The SMILES string of the molecule is C=CCO[C@H]1O[C@H](COCc2ccccc2)[C@@H](O[C@@H]2C[C@@H](C(=O)OC)[C@H]3OC(c4ccc(OC)cc4)O[C@@H]2[C@H]3OCc2ccccc2)[C@@H](OCc2ccccc2)[C@H]1N=[N+]=[N-]. The number of azide groups is 1. The summed E-state index contributed by atoms with van der Waals surface area (Å²) in [6, 6.07) is 35.4. The quantitative estimate of drug-likeness (QED) is 0.0305. The van der Waals surface area contributed by atoms with Crippen molar-refractivity contribution in [2.45, 2.75) is 87.6 Å². The number of nitrogens with zero attached hydrogens (tertiary/aromatic N) is 3. The van der Waals surface area contributed by atoms with E-state index in [4.69, 9.17) is 47.4 Å². The molecule has 3 aliphatic rings. The van der Waals surface area contributed by atoms with Crippen LogP contribution in [0.15, 0.2) is 133 Å². The van der Waals surface area contributed by atoms with Crippen molar-refractivity contribution in [1.29, 1.82) is 0 Å². The van der Waals surface area contributed by atoms with Crippen molar-refractivity contribution in [2.75, 3.05) is 27.4 Å². The Bertz CT molecular complexity index is 1990. The first-order valence-corrected chi connectivity index (χ1v) is 20.0. The van der Waals surface area contributed by atoms with E-state index in [0.717, 1.165) is 16.7 Å². The Balaban J connectivity index is 1.27. The molecule has 1 aliphatic carbocycles. The van der Waals surface area contributed by atoms with Crippen molar-refractivity contribution < 1.29 is 52.2 Å². The van der Waals surface area contributed by atoms with E-state index in [2.05, 4.69) is 16.6 Å². The standard InChI is InChI=1S/C46H51N3O11/c1-4-24-54-46-38(48-49-47)42(55-27-31-16-10-6-11-17-31)41(37(58-46)29-53-26-30-14-8-5-9-15-30)57-36-25-35(44(50)52-3)39-43(56-28-32-18-12-7-13-19-32)40(36)60-45(59-39)33-20-22-34(51-2)23-21-33/h4-23,35-43,45-46H,1,24-29H2,2-3H3/t35-,36-,37-,38-,39-,40+,41-,42+,43+,45?,46+/m1/s1. The van der Waals surface area contributed by atoms with Crippen molar-refractivity contribution in [2.24, 2.45) is 11.0 Å². The van der Waals surface area contributed by atoms with E-state index < -0.39 is 73.2 Å². The highest BCUT2D eigenvalue weighted by atomic mass is 16.7. The normalized spacial score (nSPS) is 28.5. The van der Waals surface area contributed by atoms with Crippen LogP contribution < -0.4 is 4.74 Å². The van der Waals surface area contributed by atoms with E-state index in [9.17, 15) is 10.3 Å². The van der Waals surface area contributed by atoms with Gasteiger partial charge in [-0.05, 0) is 40.8 Å². The Kier molecular flexibility index (Phi) is 15.3. The van der Waals surface area contributed by atoms with Gasteiger partial charge in [-0.3, -0.25) is 4.79 Å². The molecule has 0 radical (unpaired) electrons. The van der Waals surface area contributed by atoms with Crippen LogP contribution in [0.5, 0.6) is 5.75 Å². The molecule has 14 nitrogen and oxygen atoms in total. The van der Waals surface area contributed by atoms with Gasteiger partial charge in [0.25, 0.3) is 0 Å². The van der Waals surface area contributed by atoms with Gasteiger partial charge >= 0.3 is 5.97 Å². The molecule has 2 bridgehead atoms. The number of rotatable bonds is 19. The van der Waals surface area contributed by atoms with Crippen LogP contribution in [0, 0.1) is 5.92 Å². The molecule has 4 aromatic carbocycles. The summed E-state index contributed by atoms with van der Waals surface area (Å²) in [7, 11) is 2.94. The molecule has 0 N–H and O–H groups in total. The fraction of sp³-hybridized carbons (Fsp3) is 0.413. The van der Waals surface area contributed by atoms with Crippen LogP contribution in [-0.2, 0) is 67.2 Å². The molecule has 3 fully saturated rings. The molecule has 7 rings (SSSR count). The summed E-state index contributed by atoms with van der Waals surface area (Å²) in [6.07, 6.45) is -6.02. The maximum atomic E-state index is 13.8. The first-order valence-electron chi connectivity index (χ1n) is 20.0. The minimum Gasteiger partial charge on any atom is -0.497 e. The predicted octanol–water partition coefficient (Wildman–Crippen LogP) is 7.42. The average Bonchev–Trinajstić information content (AvgIpc) is 3.29. The number of methoxy groups -OCH3 is 2. The van der Waals surface area contributed by atoms with Crippen LogP contribution >= 0.6 is 0 Å². The molecule has 0 aromatic heterocycles. The van der Waals surface area contributed by atoms with Gasteiger partial charge in [-0.25, -0.2) is 0 Å². The van der Waals surface area contributed by atoms with Gasteiger partial charge in [0.1, 0.15) is 48.4 Å². The molecule has 2 saturated heterocycles. The Morgan fingerprint density at radius 2 is 1.37 bits per heavy atom. The third kappa shape index (κ3) is 10.6. The molecular weight excluding hydrogens is 771 g/mol. The van der Waals surface area contributed by atoms with Gasteiger partial charge in [0.15, 0.2) is 12.6 Å². The zero-order chi connectivity index (χ0) is 41.7. The zero-order valence-corrected chi connectivity index (χ0v) is 33.7. The first kappa shape index (κ1) is 43.0. The lowest BCUT2D eigenvalue weighted by Crippen LogP contribution is -2.66. The highest BCUT2D eigenvalue weighted by molar-refractivity contribution is 5.73. The minimum absolute atomic E-state index is 0.0501. The lowest BCUT2D eigenvalue weighted by molar-refractivity contribution is -0.357. The summed E-state index contributed by atoms with van der Waals surface area (Å²) in [6.45, 7) is 4.62. The fourth-order valence-corrected chi connectivity index (χ4v) is 7.89. The first-order chi connectivity index (χ1) is 29.5. The molecule has 316 valence electrons. The molecule has 0 amide bonds. The number of carbonyl (C=O) groups excluding carboxylic acids is 1. The molecule has 11 atom stereocenters. The second-order valence-corrected chi connectivity index (χ2v) is 14.7. The maximum Gasteiger partial charge on any atom is 0.311 e. The Hall–Kier alpha value is -5.12. The van der Waals surface area contributed by atoms with Crippen LogP contribution in [0.4, 0.5) is 0 Å². The third-order valence-electron chi connectivity index (χ3n) is 10.8. The van der Waals surface area contributed by atoms with Crippen LogP contribution in [-0.4, -0.2) is 88.5 Å². The van der Waals surface area contributed by atoms with Gasteiger partial charge in [-0.15, -0.1) is 6.58 Å². The van der Waals surface area contributed by atoms with Crippen LogP contribution in [0.25, 0.3) is 10.4 Å². The van der Waals surface area contributed by atoms with Crippen molar-refractivity contribution in [1.82, 2.24) is 0 Å². The molecule has 0 spiro atoms. The number of ether oxygens (including phenoxy) is 10. The molecule has 60 heavy (non-hydrogen) atoms. The number of esters is 1. The van der Waals surface area contributed by atoms with Gasteiger partial charge in [-0.1, -0.05) is 114 Å². The van der Waals surface area contributed by atoms with Gasteiger partial charge in [0, 0.05) is 10.5 Å². The minimum atomic E-state index is -1.04. The molecule has 1 unspecified atom stereocenters.